The van der Waals surface area contributed by atoms with Crippen molar-refractivity contribution >= 4 is 0 Å². The SMILES string of the molecule is CCCc1cc2c(cc1OCCOC(C)C)OCO2. The van der Waals surface area contributed by atoms with Gasteiger partial charge in [-0.25, -0.2) is 0 Å². The van der Waals surface area contributed by atoms with Crippen LogP contribution in [0.4, 0.5) is 0 Å². The fourth-order valence-electron chi connectivity index (χ4n) is 2.00. The van der Waals surface area contributed by atoms with Gasteiger partial charge in [0.2, 0.25) is 6.79 Å². The first-order valence-corrected chi connectivity index (χ1v) is 6.87. The third-order valence-corrected chi connectivity index (χ3v) is 2.87. The third-order valence-electron chi connectivity index (χ3n) is 2.87. The molecular weight excluding hydrogens is 244 g/mol. The van der Waals surface area contributed by atoms with Crippen molar-refractivity contribution in [3.63, 3.8) is 0 Å². The average molecular weight is 266 g/mol. The zero-order chi connectivity index (χ0) is 13.7. The van der Waals surface area contributed by atoms with E-state index in [4.69, 9.17) is 18.9 Å². The van der Waals surface area contributed by atoms with Crippen molar-refractivity contribution in [2.45, 2.75) is 39.7 Å². The third kappa shape index (κ3) is 3.77. The van der Waals surface area contributed by atoms with Gasteiger partial charge in [0.15, 0.2) is 11.5 Å². The molecule has 0 spiro atoms. The smallest absolute Gasteiger partial charge is 0.231 e. The van der Waals surface area contributed by atoms with Gasteiger partial charge in [-0.2, -0.15) is 0 Å². The van der Waals surface area contributed by atoms with Gasteiger partial charge in [-0.3, -0.25) is 0 Å². The summed E-state index contributed by atoms with van der Waals surface area (Å²) in [5, 5.41) is 0. The van der Waals surface area contributed by atoms with E-state index >= 15 is 0 Å². The van der Waals surface area contributed by atoms with Gasteiger partial charge >= 0.3 is 0 Å². The van der Waals surface area contributed by atoms with Gasteiger partial charge in [-0.15, -0.1) is 0 Å². The fraction of sp³-hybridized carbons (Fsp3) is 0.600. The molecule has 0 saturated carbocycles. The second kappa shape index (κ2) is 6.66. The van der Waals surface area contributed by atoms with Crippen LogP contribution in [0.3, 0.4) is 0 Å². The molecule has 1 aliphatic rings. The standard InChI is InChI=1S/C15H22O4/c1-4-5-12-8-14-15(19-10-18-14)9-13(12)17-7-6-16-11(2)3/h8-9,11H,4-7,10H2,1-3H3. The molecule has 1 aliphatic heterocycles. The zero-order valence-electron chi connectivity index (χ0n) is 11.9. The molecule has 1 heterocycles. The quantitative estimate of drug-likeness (QED) is 0.710. The van der Waals surface area contributed by atoms with Crippen LogP contribution in [-0.2, 0) is 11.2 Å². The minimum Gasteiger partial charge on any atom is -0.491 e. The van der Waals surface area contributed by atoms with E-state index in [0.717, 1.165) is 35.7 Å². The number of aryl methyl sites for hydroxylation is 1. The summed E-state index contributed by atoms with van der Waals surface area (Å²) in [6.45, 7) is 7.62. The lowest BCUT2D eigenvalue weighted by atomic mass is 10.1. The van der Waals surface area contributed by atoms with Crippen molar-refractivity contribution in [2.24, 2.45) is 0 Å². The zero-order valence-corrected chi connectivity index (χ0v) is 11.9. The molecule has 4 nitrogen and oxygen atoms in total. The summed E-state index contributed by atoms with van der Waals surface area (Å²) < 4.78 is 22.1. The van der Waals surface area contributed by atoms with Crippen LogP contribution in [-0.4, -0.2) is 26.1 Å². The van der Waals surface area contributed by atoms with Gasteiger partial charge in [0.25, 0.3) is 0 Å². The summed E-state index contributed by atoms with van der Waals surface area (Å²) in [7, 11) is 0. The van der Waals surface area contributed by atoms with Crippen molar-refractivity contribution in [1.29, 1.82) is 0 Å². The van der Waals surface area contributed by atoms with E-state index in [0.29, 0.717) is 20.0 Å². The highest BCUT2D eigenvalue weighted by Crippen LogP contribution is 2.38. The largest absolute Gasteiger partial charge is 0.491 e. The molecule has 1 aromatic rings. The molecule has 2 rings (SSSR count). The first-order chi connectivity index (χ1) is 9.20. The van der Waals surface area contributed by atoms with Crippen molar-refractivity contribution < 1.29 is 18.9 Å². The van der Waals surface area contributed by atoms with Crippen LogP contribution in [0.1, 0.15) is 32.8 Å². The van der Waals surface area contributed by atoms with Crippen molar-refractivity contribution in [2.75, 3.05) is 20.0 Å². The lowest BCUT2D eigenvalue weighted by molar-refractivity contribution is 0.0550. The summed E-state index contributed by atoms with van der Waals surface area (Å²) in [6, 6.07) is 3.94. The van der Waals surface area contributed by atoms with Crippen LogP contribution in [0.15, 0.2) is 12.1 Å². The molecule has 0 fully saturated rings. The fourth-order valence-corrected chi connectivity index (χ4v) is 2.00. The Morgan fingerprint density at radius 3 is 2.58 bits per heavy atom. The highest BCUT2D eigenvalue weighted by Gasteiger charge is 2.17. The number of hydrogen-bond donors (Lipinski definition) is 0. The molecule has 0 aliphatic carbocycles. The number of benzene rings is 1. The van der Waals surface area contributed by atoms with Crippen LogP contribution in [0, 0.1) is 0 Å². The van der Waals surface area contributed by atoms with Gasteiger partial charge in [0, 0.05) is 6.07 Å². The van der Waals surface area contributed by atoms with Crippen molar-refractivity contribution in [1.82, 2.24) is 0 Å². The van der Waals surface area contributed by atoms with E-state index in [-0.39, 0.29) is 6.10 Å². The minimum atomic E-state index is 0.232. The molecule has 0 atom stereocenters. The molecule has 0 saturated heterocycles. The van der Waals surface area contributed by atoms with Gasteiger partial charge in [0.05, 0.1) is 12.7 Å². The molecule has 106 valence electrons. The summed E-state index contributed by atoms with van der Waals surface area (Å²) >= 11 is 0. The summed E-state index contributed by atoms with van der Waals surface area (Å²) in [4.78, 5) is 0. The molecule has 4 heteroatoms. The first kappa shape index (κ1) is 14.0. The summed E-state index contributed by atoms with van der Waals surface area (Å²) in [5.41, 5.74) is 1.16. The maximum Gasteiger partial charge on any atom is 0.231 e. The number of hydrogen-bond acceptors (Lipinski definition) is 4. The number of rotatable bonds is 7. The second-order valence-corrected chi connectivity index (χ2v) is 4.83. The Balaban J connectivity index is 2.01. The van der Waals surface area contributed by atoms with E-state index in [2.05, 4.69) is 6.92 Å². The van der Waals surface area contributed by atoms with Crippen LogP contribution < -0.4 is 14.2 Å². The van der Waals surface area contributed by atoms with E-state index in [1.807, 2.05) is 26.0 Å². The van der Waals surface area contributed by atoms with Gasteiger partial charge in [-0.05, 0) is 31.9 Å². The van der Waals surface area contributed by atoms with Gasteiger partial charge in [0.1, 0.15) is 12.4 Å². The lowest BCUT2D eigenvalue weighted by Gasteiger charge is -2.13. The maximum absolute atomic E-state index is 5.80. The first-order valence-electron chi connectivity index (χ1n) is 6.87. The summed E-state index contributed by atoms with van der Waals surface area (Å²) in [6.07, 6.45) is 2.27. The molecule has 0 amide bonds. The van der Waals surface area contributed by atoms with E-state index in [9.17, 15) is 0 Å². The Morgan fingerprint density at radius 1 is 1.16 bits per heavy atom. The summed E-state index contributed by atoms with van der Waals surface area (Å²) in [5.74, 6) is 2.45. The van der Waals surface area contributed by atoms with Gasteiger partial charge in [-0.1, -0.05) is 13.3 Å². The van der Waals surface area contributed by atoms with Crippen LogP contribution in [0.5, 0.6) is 17.2 Å². The normalized spacial score (nSPS) is 13.1. The maximum atomic E-state index is 5.80. The predicted octanol–water partition coefficient (Wildman–Crippen LogP) is 3.17. The topological polar surface area (TPSA) is 36.9 Å². The van der Waals surface area contributed by atoms with E-state index < -0.39 is 0 Å². The van der Waals surface area contributed by atoms with E-state index in [1.165, 1.54) is 0 Å². The molecular formula is C15H22O4. The highest BCUT2D eigenvalue weighted by atomic mass is 16.7. The molecule has 19 heavy (non-hydrogen) atoms. The number of fused-ring (bicyclic) bond motifs is 1. The molecule has 0 radical (unpaired) electrons. The molecule has 1 aromatic carbocycles. The molecule has 0 bridgehead atoms. The Hall–Kier alpha value is -1.42. The highest BCUT2D eigenvalue weighted by molar-refractivity contribution is 5.51. The molecule has 0 unspecified atom stereocenters. The lowest BCUT2D eigenvalue weighted by Crippen LogP contribution is -2.12. The van der Waals surface area contributed by atoms with Crippen LogP contribution in [0.25, 0.3) is 0 Å². The van der Waals surface area contributed by atoms with E-state index in [1.54, 1.807) is 0 Å². The van der Waals surface area contributed by atoms with Crippen molar-refractivity contribution in [3.8, 4) is 17.2 Å². The Kier molecular flexibility index (Phi) is 4.91. The minimum absolute atomic E-state index is 0.232. The Morgan fingerprint density at radius 2 is 1.89 bits per heavy atom. The monoisotopic (exact) mass is 266 g/mol. The predicted molar refractivity (Wildman–Crippen MR) is 73.1 cm³/mol. The van der Waals surface area contributed by atoms with Crippen molar-refractivity contribution in [3.05, 3.63) is 17.7 Å². The number of ether oxygens (including phenoxy) is 4. The average Bonchev–Trinajstić information content (AvgIpc) is 2.81. The van der Waals surface area contributed by atoms with Gasteiger partial charge < -0.3 is 18.9 Å². The van der Waals surface area contributed by atoms with Crippen LogP contribution >= 0.6 is 0 Å². The second-order valence-electron chi connectivity index (χ2n) is 4.83. The molecule has 0 N–H and O–H groups in total. The Bertz CT molecular complexity index is 415. The molecule has 0 aromatic heterocycles. The Labute approximate surface area is 114 Å². The van der Waals surface area contributed by atoms with Crippen LogP contribution in [0.2, 0.25) is 0 Å².